The van der Waals surface area contributed by atoms with Crippen molar-refractivity contribution in [3.63, 3.8) is 0 Å². The van der Waals surface area contributed by atoms with E-state index < -0.39 is 4.92 Å². The van der Waals surface area contributed by atoms with Gasteiger partial charge in [-0.1, -0.05) is 11.6 Å². The zero-order chi connectivity index (χ0) is 17.9. The number of ether oxygens (including phenoxy) is 1. The van der Waals surface area contributed by atoms with E-state index in [4.69, 9.17) is 16.3 Å². The third kappa shape index (κ3) is 4.53. The number of benzene rings is 1. The van der Waals surface area contributed by atoms with E-state index in [1.807, 2.05) is 27.7 Å². The summed E-state index contributed by atoms with van der Waals surface area (Å²) < 4.78 is 5.56. The van der Waals surface area contributed by atoms with Crippen molar-refractivity contribution in [3.8, 4) is 11.6 Å². The molecular weight excluding hydrogens is 334 g/mol. The fourth-order valence-electron chi connectivity index (χ4n) is 1.73. The number of aryl methyl sites for hydroxylation is 1. The summed E-state index contributed by atoms with van der Waals surface area (Å²) in [5, 5.41) is 12.0. The molecule has 0 aliphatic heterocycles. The summed E-state index contributed by atoms with van der Waals surface area (Å²) in [7, 11) is 0. The second-order valence-electron chi connectivity index (χ2n) is 6.15. The molecule has 0 bridgehead atoms. The zero-order valence-electron chi connectivity index (χ0n) is 13.8. The van der Waals surface area contributed by atoms with Crippen LogP contribution in [0.3, 0.4) is 0 Å². The SMILES string of the molecule is Cc1cc(Oc2ncnc(NNC(C)(C)C)c2[N+](=O)[O-])ccc1Cl. The van der Waals surface area contributed by atoms with E-state index in [1.54, 1.807) is 18.2 Å². The van der Waals surface area contributed by atoms with Crippen LogP contribution in [0.4, 0.5) is 11.5 Å². The Morgan fingerprint density at radius 1 is 1.29 bits per heavy atom. The predicted molar refractivity (Wildman–Crippen MR) is 91.5 cm³/mol. The third-order valence-corrected chi connectivity index (χ3v) is 3.30. The highest BCUT2D eigenvalue weighted by Gasteiger charge is 2.26. The Morgan fingerprint density at radius 3 is 2.58 bits per heavy atom. The van der Waals surface area contributed by atoms with Gasteiger partial charge in [0.2, 0.25) is 5.82 Å². The van der Waals surface area contributed by atoms with E-state index in [0.29, 0.717) is 10.8 Å². The molecule has 0 fully saturated rings. The Bertz CT molecular complexity index is 761. The van der Waals surface area contributed by atoms with E-state index in [0.717, 1.165) is 5.56 Å². The van der Waals surface area contributed by atoms with Crippen LogP contribution in [-0.2, 0) is 0 Å². The Hall–Kier alpha value is -2.45. The quantitative estimate of drug-likeness (QED) is 0.622. The molecular formula is C15H18ClN5O3. The maximum absolute atomic E-state index is 11.4. The second kappa shape index (κ2) is 6.98. The molecule has 128 valence electrons. The lowest BCUT2D eigenvalue weighted by Crippen LogP contribution is -2.40. The van der Waals surface area contributed by atoms with Crippen molar-refractivity contribution >= 4 is 23.1 Å². The number of nitrogens with one attached hydrogen (secondary N) is 2. The minimum Gasteiger partial charge on any atom is -0.434 e. The Kier molecular flexibility index (Phi) is 5.20. The predicted octanol–water partition coefficient (Wildman–Crippen LogP) is 3.85. The fraction of sp³-hybridized carbons (Fsp3) is 0.333. The highest BCUT2D eigenvalue weighted by molar-refractivity contribution is 6.31. The van der Waals surface area contributed by atoms with Crippen LogP contribution < -0.4 is 15.6 Å². The summed E-state index contributed by atoms with van der Waals surface area (Å²) in [5.74, 6) is 0.258. The van der Waals surface area contributed by atoms with Gasteiger partial charge in [0.25, 0.3) is 0 Å². The summed E-state index contributed by atoms with van der Waals surface area (Å²) in [6.45, 7) is 7.52. The average molecular weight is 352 g/mol. The van der Waals surface area contributed by atoms with Crippen LogP contribution >= 0.6 is 11.6 Å². The summed E-state index contributed by atoms with van der Waals surface area (Å²) in [6, 6.07) is 4.94. The molecule has 0 atom stereocenters. The molecule has 9 heteroatoms. The van der Waals surface area contributed by atoms with Crippen molar-refractivity contribution in [2.45, 2.75) is 33.2 Å². The topological polar surface area (TPSA) is 102 Å². The lowest BCUT2D eigenvalue weighted by atomic mass is 10.1. The van der Waals surface area contributed by atoms with Gasteiger partial charge in [-0.15, -0.1) is 0 Å². The number of nitrogens with zero attached hydrogens (tertiary/aromatic N) is 3. The third-order valence-electron chi connectivity index (χ3n) is 2.87. The minimum absolute atomic E-state index is 0.0191. The van der Waals surface area contributed by atoms with Gasteiger partial charge in [-0.2, -0.15) is 4.98 Å². The highest BCUT2D eigenvalue weighted by Crippen LogP contribution is 2.34. The number of rotatable bonds is 5. The van der Waals surface area contributed by atoms with Crippen molar-refractivity contribution in [2.75, 3.05) is 5.43 Å². The Labute approximate surface area is 144 Å². The molecule has 2 rings (SSSR count). The van der Waals surface area contributed by atoms with Crippen molar-refractivity contribution < 1.29 is 9.66 Å². The Balaban J connectivity index is 2.35. The molecule has 0 amide bonds. The van der Waals surface area contributed by atoms with Gasteiger partial charge in [-0.05, 0) is 51.5 Å². The van der Waals surface area contributed by atoms with Gasteiger partial charge in [-0.25, -0.2) is 10.4 Å². The van der Waals surface area contributed by atoms with E-state index in [1.165, 1.54) is 6.33 Å². The summed E-state index contributed by atoms with van der Waals surface area (Å²) in [4.78, 5) is 18.6. The number of nitro groups is 1. The molecule has 0 radical (unpaired) electrons. The molecule has 0 aliphatic rings. The summed E-state index contributed by atoms with van der Waals surface area (Å²) >= 11 is 5.97. The van der Waals surface area contributed by atoms with E-state index in [9.17, 15) is 10.1 Å². The second-order valence-corrected chi connectivity index (χ2v) is 6.55. The lowest BCUT2D eigenvalue weighted by Gasteiger charge is -2.21. The van der Waals surface area contributed by atoms with Gasteiger partial charge in [0, 0.05) is 10.6 Å². The number of hydrogen-bond acceptors (Lipinski definition) is 7. The molecule has 0 aliphatic carbocycles. The van der Waals surface area contributed by atoms with Crippen LogP contribution in [-0.4, -0.2) is 20.4 Å². The molecule has 2 aromatic rings. The number of hydrogen-bond donors (Lipinski definition) is 2. The van der Waals surface area contributed by atoms with Crippen LogP contribution in [0.5, 0.6) is 11.6 Å². The van der Waals surface area contributed by atoms with Gasteiger partial charge in [0.15, 0.2) is 0 Å². The van der Waals surface area contributed by atoms with Crippen LogP contribution in [0.1, 0.15) is 26.3 Å². The minimum atomic E-state index is -0.592. The molecule has 8 nitrogen and oxygen atoms in total. The van der Waals surface area contributed by atoms with Crippen molar-refractivity contribution in [2.24, 2.45) is 0 Å². The molecule has 0 spiro atoms. The first-order valence-electron chi connectivity index (χ1n) is 7.14. The van der Waals surface area contributed by atoms with Crippen molar-refractivity contribution in [1.82, 2.24) is 15.4 Å². The summed E-state index contributed by atoms with van der Waals surface area (Å²) in [6.07, 6.45) is 1.19. The number of anilines is 1. The van der Waals surface area contributed by atoms with Crippen LogP contribution in [0.25, 0.3) is 0 Å². The number of aromatic nitrogens is 2. The van der Waals surface area contributed by atoms with E-state index in [-0.39, 0.29) is 22.9 Å². The van der Waals surface area contributed by atoms with E-state index >= 15 is 0 Å². The first-order valence-corrected chi connectivity index (χ1v) is 7.52. The molecule has 2 N–H and O–H groups in total. The number of hydrazine groups is 1. The van der Waals surface area contributed by atoms with Crippen molar-refractivity contribution in [1.29, 1.82) is 0 Å². The monoisotopic (exact) mass is 351 g/mol. The first-order chi connectivity index (χ1) is 11.2. The van der Waals surface area contributed by atoms with Gasteiger partial charge < -0.3 is 4.74 Å². The molecule has 1 heterocycles. The molecule has 0 unspecified atom stereocenters. The highest BCUT2D eigenvalue weighted by atomic mass is 35.5. The fourth-order valence-corrected chi connectivity index (χ4v) is 1.85. The average Bonchev–Trinajstić information content (AvgIpc) is 2.48. The smallest absolute Gasteiger partial charge is 0.374 e. The maximum atomic E-state index is 11.4. The summed E-state index contributed by atoms with van der Waals surface area (Å²) in [5.41, 5.74) is 5.78. The van der Waals surface area contributed by atoms with Gasteiger partial charge in [0.05, 0.1) is 4.92 Å². The van der Waals surface area contributed by atoms with Gasteiger partial charge >= 0.3 is 11.6 Å². The maximum Gasteiger partial charge on any atom is 0.374 e. The van der Waals surface area contributed by atoms with Gasteiger partial charge in [-0.3, -0.25) is 15.5 Å². The van der Waals surface area contributed by atoms with E-state index in [2.05, 4.69) is 20.8 Å². The van der Waals surface area contributed by atoms with Crippen LogP contribution in [0, 0.1) is 17.0 Å². The number of halogens is 1. The first kappa shape index (κ1) is 17.9. The zero-order valence-corrected chi connectivity index (χ0v) is 14.5. The largest absolute Gasteiger partial charge is 0.434 e. The van der Waals surface area contributed by atoms with Crippen LogP contribution in [0.2, 0.25) is 5.02 Å². The molecule has 0 saturated heterocycles. The molecule has 1 aromatic carbocycles. The van der Waals surface area contributed by atoms with Gasteiger partial charge in [0.1, 0.15) is 12.1 Å². The molecule has 24 heavy (non-hydrogen) atoms. The lowest BCUT2D eigenvalue weighted by molar-refractivity contribution is -0.385. The van der Waals surface area contributed by atoms with Crippen LogP contribution in [0.15, 0.2) is 24.5 Å². The normalized spacial score (nSPS) is 11.2. The molecule has 0 saturated carbocycles. The molecule has 1 aromatic heterocycles. The van der Waals surface area contributed by atoms with Crippen molar-refractivity contribution in [3.05, 3.63) is 45.2 Å². The Morgan fingerprint density at radius 2 is 2.00 bits per heavy atom. The standard InChI is InChI=1S/C15H18ClN5O3/c1-9-7-10(5-6-11(9)16)24-14-12(21(22)23)13(17-8-18-14)19-20-15(2,3)4/h5-8,20H,1-4H3,(H,17,18,19).